The highest BCUT2D eigenvalue weighted by atomic mass is 16.7. The van der Waals surface area contributed by atoms with Crippen LogP contribution in [-0.2, 0) is 9.47 Å². The fraction of sp³-hybridized carbons (Fsp3) is 0.692. The maximum Gasteiger partial charge on any atom is 0.184 e. The van der Waals surface area contributed by atoms with Gasteiger partial charge in [-0.1, -0.05) is 5.21 Å². The number of nitrogen functional groups attached to an aromatic ring is 1. The van der Waals surface area contributed by atoms with Crippen LogP contribution in [0.4, 0.5) is 5.82 Å². The van der Waals surface area contributed by atoms with E-state index in [1.54, 1.807) is 4.68 Å². The molecule has 9 heteroatoms. The van der Waals surface area contributed by atoms with Crippen molar-refractivity contribution in [1.29, 1.82) is 0 Å². The number of nitrogens with zero attached hydrogens (tertiary/aromatic N) is 5. The van der Waals surface area contributed by atoms with Crippen LogP contribution in [0.1, 0.15) is 26.3 Å². The van der Waals surface area contributed by atoms with Gasteiger partial charge < -0.3 is 20.3 Å². The Hall–Kier alpha value is -1.84. The number of hydrogen-bond acceptors (Lipinski definition) is 8. The Labute approximate surface area is 127 Å². The molecule has 0 aromatic carbocycles. The summed E-state index contributed by atoms with van der Waals surface area (Å²) >= 11 is 0. The molecule has 2 aromatic rings. The second-order valence-corrected chi connectivity index (χ2v) is 5.20. The van der Waals surface area contributed by atoms with Crippen LogP contribution in [0, 0.1) is 5.92 Å². The zero-order valence-corrected chi connectivity index (χ0v) is 12.6. The first-order chi connectivity index (χ1) is 10.7. The number of hydrogen-bond donors (Lipinski definition) is 2. The molecule has 0 bridgehead atoms. The van der Waals surface area contributed by atoms with Crippen LogP contribution in [0.3, 0.4) is 0 Å². The molecule has 0 saturated heterocycles. The lowest BCUT2D eigenvalue weighted by molar-refractivity contribution is -0.330. The smallest absolute Gasteiger partial charge is 0.184 e. The summed E-state index contributed by atoms with van der Waals surface area (Å²) in [6.45, 7) is 4.75. The number of rotatable bonds is 6. The van der Waals surface area contributed by atoms with Crippen molar-refractivity contribution in [2.24, 2.45) is 5.92 Å². The lowest BCUT2D eigenvalue weighted by atomic mass is 9.73. The van der Waals surface area contributed by atoms with Gasteiger partial charge in [0.2, 0.25) is 0 Å². The lowest BCUT2D eigenvalue weighted by Crippen LogP contribution is -2.59. The Kier molecular flexibility index (Phi) is 3.94. The first-order valence-corrected chi connectivity index (χ1v) is 7.37. The van der Waals surface area contributed by atoms with Crippen molar-refractivity contribution in [3.8, 4) is 0 Å². The van der Waals surface area contributed by atoms with Crippen LogP contribution in [0.5, 0.6) is 0 Å². The second-order valence-electron chi connectivity index (χ2n) is 5.20. The Balaban J connectivity index is 1.94. The minimum absolute atomic E-state index is 0.0768. The first-order valence-electron chi connectivity index (χ1n) is 7.37. The molecule has 9 nitrogen and oxygen atoms in total. The summed E-state index contributed by atoms with van der Waals surface area (Å²) < 4.78 is 13.2. The Bertz CT molecular complexity index is 654. The molecule has 0 aliphatic heterocycles. The van der Waals surface area contributed by atoms with Gasteiger partial charge in [-0.3, -0.25) is 0 Å². The Morgan fingerprint density at radius 2 is 2.09 bits per heavy atom. The third kappa shape index (κ3) is 2.13. The van der Waals surface area contributed by atoms with Crippen molar-refractivity contribution in [2.45, 2.75) is 32.1 Å². The third-order valence-electron chi connectivity index (χ3n) is 4.10. The van der Waals surface area contributed by atoms with Gasteiger partial charge in [0.1, 0.15) is 6.33 Å². The van der Waals surface area contributed by atoms with E-state index < -0.39 is 5.79 Å². The summed E-state index contributed by atoms with van der Waals surface area (Å²) in [7, 11) is 0. The van der Waals surface area contributed by atoms with Crippen molar-refractivity contribution >= 4 is 17.0 Å². The molecule has 3 rings (SSSR count). The van der Waals surface area contributed by atoms with Gasteiger partial charge >= 0.3 is 0 Å². The standard InChI is InChI=1S/C13H20N6O3/c1-3-21-13(22-4-2)5-9(8(13)6-20)19-12-10(17-18-19)11(14)15-7-16-12/h7-9,20H,3-6H2,1-2H3,(H2,14,15,16). The van der Waals surface area contributed by atoms with E-state index in [4.69, 9.17) is 15.2 Å². The summed E-state index contributed by atoms with van der Waals surface area (Å²) in [5.41, 5.74) is 6.80. The molecule has 22 heavy (non-hydrogen) atoms. The number of nitrogens with two attached hydrogens (primary N) is 1. The zero-order chi connectivity index (χ0) is 15.7. The van der Waals surface area contributed by atoms with Crippen molar-refractivity contribution in [2.75, 3.05) is 25.6 Å². The van der Waals surface area contributed by atoms with Gasteiger partial charge in [0.05, 0.1) is 18.6 Å². The van der Waals surface area contributed by atoms with E-state index in [9.17, 15) is 5.11 Å². The maximum absolute atomic E-state index is 9.79. The highest BCUT2D eigenvalue weighted by Crippen LogP contribution is 2.50. The normalized spacial score (nSPS) is 23.6. The van der Waals surface area contributed by atoms with Gasteiger partial charge in [0.25, 0.3) is 0 Å². The van der Waals surface area contributed by atoms with Gasteiger partial charge in [-0.25, -0.2) is 14.6 Å². The Morgan fingerprint density at radius 3 is 2.73 bits per heavy atom. The monoisotopic (exact) mass is 308 g/mol. The van der Waals surface area contributed by atoms with E-state index in [2.05, 4.69) is 20.3 Å². The maximum atomic E-state index is 9.79. The van der Waals surface area contributed by atoms with Crippen LogP contribution >= 0.6 is 0 Å². The summed E-state index contributed by atoms with van der Waals surface area (Å²) in [5.74, 6) is -0.731. The molecule has 2 atom stereocenters. The molecule has 120 valence electrons. The summed E-state index contributed by atoms with van der Waals surface area (Å²) in [4.78, 5) is 8.10. The Morgan fingerprint density at radius 1 is 1.36 bits per heavy atom. The van der Waals surface area contributed by atoms with E-state index in [1.165, 1.54) is 6.33 Å². The van der Waals surface area contributed by atoms with Crippen LogP contribution in [0.2, 0.25) is 0 Å². The highest BCUT2D eigenvalue weighted by Gasteiger charge is 2.57. The molecule has 0 amide bonds. The van der Waals surface area contributed by atoms with E-state index in [0.29, 0.717) is 30.8 Å². The van der Waals surface area contributed by atoms with Crippen molar-refractivity contribution in [3.63, 3.8) is 0 Å². The number of aromatic nitrogens is 5. The largest absolute Gasteiger partial charge is 0.396 e. The zero-order valence-electron chi connectivity index (χ0n) is 12.6. The molecule has 3 N–H and O–H groups in total. The van der Waals surface area contributed by atoms with Gasteiger partial charge in [-0.05, 0) is 13.8 Å². The van der Waals surface area contributed by atoms with Gasteiger partial charge in [0, 0.05) is 19.6 Å². The van der Waals surface area contributed by atoms with Crippen LogP contribution in [-0.4, -0.2) is 55.7 Å². The van der Waals surface area contributed by atoms with E-state index in [1.807, 2.05) is 13.8 Å². The SMILES string of the molecule is CCOC1(OCC)CC(n2nnc3c(N)ncnc32)C1CO. The molecule has 2 aromatic heterocycles. The van der Waals surface area contributed by atoms with Crippen LogP contribution < -0.4 is 5.73 Å². The minimum Gasteiger partial charge on any atom is -0.396 e. The van der Waals surface area contributed by atoms with Gasteiger partial charge in [-0.15, -0.1) is 5.10 Å². The molecule has 0 radical (unpaired) electrons. The molecule has 1 saturated carbocycles. The number of aliphatic hydroxyl groups is 1. The third-order valence-corrected chi connectivity index (χ3v) is 4.10. The summed E-state index contributed by atoms with van der Waals surface area (Å²) in [6.07, 6.45) is 1.95. The molecular weight excluding hydrogens is 288 g/mol. The molecule has 0 spiro atoms. The molecule has 2 unspecified atom stereocenters. The number of aliphatic hydroxyl groups excluding tert-OH is 1. The fourth-order valence-corrected chi connectivity index (χ4v) is 3.10. The fourth-order valence-electron chi connectivity index (χ4n) is 3.10. The van der Waals surface area contributed by atoms with Gasteiger partial charge in [-0.2, -0.15) is 0 Å². The quantitative estimate of drug-likeness (QED) is 0.722. The molecular formula is C13H20N6O3. The van der Waals surface area contributed by atoms with Gasteiger partial charge in [0.15, 0.2) is 22.8 Å². The first kappa shape index (κ1) is 15.1. The second kappa shape index (κ2) is 5.75. The predicted octanol–water partition coefficient (Wildman–Crippen LogP) is 0.126. The van der Waals surface area contributed by atoms with Crippen LogP contribution in [0.25, 0.3) is 11.2 Å². The molecule has 1 aliphatic rings. The number of ether oxygens (including phenoxy) is 2. The topological polar surface area (TPSA) is 121 Å². The van der Waals surface area contributed by atoms with Crippen molar-refractivity contribution in [1.82, 2.24) is 25.0 Å². The van der Waals surface area contributed by atoms with Crippen LogP contribution in [0.15, 0.2) is 6.33 Å². The number of fused-ring (bicyclic) bond motifs is 1. The predicted molar refractivity (Wildman–Crippen MR) is 77.7 cm³/mol. The lowest BCUT2D eigenvalue weighted by Gasteiger charge is -2.52. The van der Waals surface area contributed by atoms with E-state index in [0.717, 1.165) is 0 Å². The highest BCUT2D eigenvalue weighted by molar-refractivity contribution is 5.80. The van der Waals surface area contributed by atoms with E-state index in [-0.39, 0.29) is 24.4 Å². The summed E-state index contributed by atoms with van der Waals surface area (Å²) in [6, 6.07) is -0.109. The average molecular weight is 308 g/mol. The summed E-state index contributed by atoms with van der Waals surface area (Å²) in [5, 5.41) is 17.9. The minimum atomic E-state index is -0.778. The molecule has 1 fully saturated rings. The molecule has 2 heterocycles. The van der Waals surface area contributed by atoms with Crippen molar-refractivity contribution in [3.05, 3.63) is 6.33 Å². The van der Waals surface area contributed by atoms with E-state index >= 15 is 0 Å². The molecule has 1 aliphatic carbocycles. The average Bonchev–Trinajstić information content (AvgIpc) is 2.90. The van der Waals surface area contributed by atoms with Crippen molar-refractivity contribution < 1.29 is 14.6 Å². The number of anilines is 1.